The van der Waals surface area contributed by atoms with Gasteiger partial charge in [-0.2, -0.15) is 0 Å². The third-order valence-electron chi connectivity index (χ3n) is 3.78. The lowest BCUT2D eigenvalue weighted by Crippen LogP contribution is -2.42. The van der Waals surface area contributed by atoms with Crippen molar-refractivity contribution in [3.63, 3.8) is 0 Å². The van der Waals surface area contributed by atoms with E-state index in [0.717, 1.165) is 19.0 Å². The first-order valence-electron chi connectivity index (χ1n) is 7.19. The predicted octanol–water partition coefficient (Wildman–Crippen LogP) is 2.73. The maximum absolute atomic E-state index is 6.38. The molecule has 2 atom stereocenters. The molecule has 0 aliphatic heterocycles. The van der Waals surface area contributed by atoms with Gasteiger partial charge < -0.3 is 5.73 Å². The van der Waals surface area contributed by atoms with E-state index in [1.165, 1.54) is 24.8 Å². The van der Waals surface area contributed by atoms with Crippen molar-refractivity contribution in [2.24, 2.45) is 5.73 Å². The van der Waals surface area contributed by atoms with Crippen LogP contribution in [0.4, 0.5) is 0 Å². The molecule has 1 aromatic heterocycles. The Bertz CT molecular complexity index is 348. The maximum atomic E-state index is 6.38. The van der Waals surface area contributed by atoms with Gasteiger partial charge in [0.1, 0.15) is 0 Å². The van der Waals surface area contributed by atoms with Crippen LogP contribution in [0.1, 0.15) is 51.1 Å². The van der Waals surface area contributed by atoms with Crippen molar-refractivity contribution in [1.82, 2.24) is 9.88 Å². The van der Waals surface area contributed by atoms with Crippen LogP contribution in [0.15, 0.2) is 24.5 Å². The fourth-order valence-corrected chi connectivity index (χ4v) is 2.68. The summed E-state index contributed by atoms with van der Waals surface area (Å²) in [5.74, 6) is 0. The third-order valence-corrected chi connectivity index (χ3v) is 3.78. The SMILES string of the molecule is CCCN(C1CC1)C(c1ccncc1)C(N)CC. The summed E-state index contributed by atoms with van der Waals surface area (Å²) >= 11 is 0. The van der Waals surface area contributed by atoms with Gasteiger partial charge >= 0.3 is 0 Å². The molecule has 100 valence electrons. The van der Waals surface area contributed by atoms with Crippen LogP contribution < -0.4 is 5.73 Å². The van der Waals surface area contributed by atoms with Crippen LogP contribution >= 0.6 is 0 Å². The summed E-state index contributed by atoms with van der Waals surface area (Å²) in [5, 5.41) is 0. The lowest BCUT2D eigenvalue weighted by atomic mass is 9.96. The Labute approximate surface area is 110 Å². The molecule has 0 saturated heterocycles. The summed E-state index contributed by atoms with van der Waals surface area (Å²) in [5.41, 5.74) is 7.70. The number of nitrogens with zero attached hydrogens (tertiary/aromatic N) is 2. The van der Waals surface area contributed by atoms with Gasteiger partial charge in [-0.25, -0.2) is 0 Å². The summed E-state index contributed by atoms with van der Waals surface area (Å²) in [6.07, 6.45) is 8.62. The van der Waals surface area contributed by atoms with Gasteiger partial charge in [-0.3, -0.25) is 9.88 Å². The molecule has 2 N–H and O–H groups in total. The van der Waals surface area contributed by atoms with Crippen LogP contribution in [0.25, 0.3) is 0 Å². The Morgan fingerprint density at radius 3 is 2.50 bits per heavy atom. The van der Waals surface area contributed by atoms with E-state index >= 15 is 0 Å². The first-order chi connectivity index (χ1) is 8.77. The average molecular weight is 247 g/mol. The zero-order valence-electron chi connectivity index (χ0n) is 11.5. The Kier molecular flexibility index (Phi) is 4.72. The zero-order valence-corrected chi connectivity index (χ0v) is 11.5. The van der Waals surface area contributed by atoms with E-state index in [-0.39, 0.29) is 6.04 Å². The number of pyridine rings is 1. The van der Waals surface area contributed by atoms with E-state index < -0.39 is 0 Å². The van der Waals surface area contributed by atoms with Crippen molar-refractivity contribution in [3.8, 4) is 0 Å². The van der Waals surface area contributed by atoms with E-state index in [4.69, 9.17) is 5.73 Å². The summed E-state index contributed by atoms with van der Waals surface area (Å²) in [6, 6.07) is 5.54. The van der Waals surface area contributed by atoms with Crippen LogP contribution in [0, 0.1) is 0 Å². The molecule has 2 unspecified atom stereocenters. The molecule has 18 heavy (non-hydrogen) atoms. The summed E-state index contributed by atoms with van der Waals surface area (Å²) in [4.78, 5) is 6.73. The van der Waals surface area contributed by atoms with Crippen molar-refractivity contribution < 1.29 is 0 Å². The van der Waals surface area contributed by atoms with E-state index in [0.29, 0.717) is 6.04 Å². The quantitative estimate of drug-likeness (QED) is 0.805. The average Bonchev–Trinajstić information content (AvgIpc) is 3.23. The predicted molar refractivity (Wildman–Crippen MR) is 75.3 cm³/mol. The second-order valence-electron chi connectivity index (χ2n) is 5.27. The molecule has 3 heteroatoms. The summed E-state index contributed by atoms with van der Waals surface area (Å²) in [6.45, 7) is 5.57. The van der Waals surface area contributed by atoms with Crippen molar-refractivity contribution in [2.75, 3.05) is 6.54 Å². The van der Waals surface area contributed by atoms with Gasteiger partial charge in [0.15, 0.2) is 0 Å². The van der Waals surface area contributed by atoms with Crippen LogP contribution in [-0.4, -0.2) is 28.5 Å². The van der Waals surface area contributed by atoms with Crippen LogP contribution in [0.3, 0.4) is 0 Å². The van der Waals surface area contributed by atoms with Gasteiger partial charge in [0.2, 0.25) is 0 Å². The fraction of sp³-hybridized carbons (Fsp3) is 0.667. The van der Waals surface area contributed by atoms with Crippen LogP contribution in [0.2, 0.25) is 0 Å². The van der Waals surface area contributed by atoms with Crippen molar-refractivity contribution in [1.29, 1.82) is 0 Å². The van der Waals surface area contributed by atoms with Crippen molar-refractivity contribution >= 4 is 0 Å². The number of hydrogen-bond acceptors (Lipinski definition) is 3. The Morgan fingerprint density at radius 1 is 1.33 bits per heavy atom. The monoisotopic (exact) mass is 247 g/mol. The second-order valence-corrected chi connectivity index (χ2v) is 5.27. The van der Waals surface area contributed by atoms with Crippen molar-refractivity contribution in [3.05, 3.63) is 30.1 Å². The zero-order chi connectivity index (χ0) is 13.0. The molecular formula is C15H25N3. The lowest BCUT2D eigenvalue weighted by molar-refractivity contribution is 0.159. The minimum absolute atomic E-state index is 0.208. The number of rotatable bonds is 7. The largest absolute Gasteiger partial charge is 0.326 e. The number of hydrogen-bond donors (Lipinski definition) is 1. The first-order valence-corrected chi connectivity index (χ1v) is 7.19. The Balaban J connectivity index is 2.23. The van der Waals surface area contributed by atoms with Gasteiger partial charge in [-0.15, -0.1) is 0 Å². The molecule has 1 saturated carbocycles. The molecule has 1 aliphatic carbocycles. The molecule has 1 aliphatic rings. The highest BCUT2D eigenvalue weighted by Gasteiger charge is 2.36. The molecule has 0 aromatic carbocycles. The Hall–Kier alpha value is -0.930. The molecular weight excluding hydrogens is 222 g/mol. The number of nitrogens with two attached hydrogens (primary N) is 1. The molecule has 0 radical (unpaired) electrons. The minimum Gasteiger partial charge on any atom is -0.326 e. The van der Waals surface area contributed by atoms with Gasteiger partial charge in [0.05, 0.1) is 6.04 Å². The summed E-state index contributed by atoms with van der Waals surface area (Å²) in [7, 11) is 0. The lowest BCUT2D eigenvalue weighted by Gasteiger charge is -2.35. The smallest absolute Gasteiger partial charge is 0.0503 e. The minimum atomic E-state index is 0.208. The number of aromatic nitrogens is 1. The van der Waals surface area contributed by atoms with E-state index in [1.807, 2.05) is 12.4 Å². The van der Waals surface area contributed by atoms with Gasteiger partial charge in [0.25, 0.3) is 0 Å². The van der Waals surface area contributed by atoms with Crippen molar-refractivity contribution in [2.45, 2.75) is 57.7 Å². The van der Waals surface area contributed by atoms with Gasteiger partial charge in [-0.05, 0) is 49.9 Å². The summed E-state index contributed by atoms with van der Waals surface area (Å²) < 4.78 is 0. The molecule has 0 bridgehead atoms. The highest BCUT2D eigenvalue weighted by atomic mass is 15.2. The molecule has 2 rings (SSSR count). The molecule has 1 aromatic rings. The topological polar surface area (TPSA) is 42.2 Å². The first kappa shape index (κ1) is 13.5. The fourth-order valence-electron chi connectivity index (χ4n) is 2.68. The van der Waals surface area contributed by atoms with E-state index in [9.17, 15) is 0 Å². The molecule has 1 fully saturated rings. The highest BCUT2D eigenvalue weighted by molar-refractivity contribution is 5.18. The molecule has 3 nitrogen and oxygen atoms in total. The van der Waals surface area contributed by atoms with E-state index in [2.05, 4.69) is 35.9 Å². The molecule has 0 amide bonds. The van der Waals surface area contributed by atoms with Crippen LogP contribution in [-0.2, 0) is 0 Å². The van der Waals surface area contributed by atoms with Gasteiger partial charge in [-0.1, -0.05) is 13.8 Å². The molecule has 1 heterocycles. The van der Waals surface area contributed by atoms with E-state index in [1.54, 1.807) is 0 Å². The second kappa shape index (κ2) is 6.30. The Morgan fingerprint density at radius 2 is 2.00 bits per heavy atom. The molecule has 0 spiro atoms. The maximum Gasteiger partial charge on any atom is 0.0503 e. The van der Waals surface area contributed by atoms with Gasteiger partial charge in [0, 0.05) is 24.5 Å². The normalized spacial score (nSPS) is 18.9. The van der Waals surface area contributed by atoms with Crippen LogP contribution in [0.5, 0.6) is 0 Å². The highest BCUT2D eigenvalue weighted by Crippen LogP contribution is 2.36. The third kappa shape index (κ3) is 3.09. The standard InChI is InChI=1S/C15H25N3/c1-3-11-18(13-5-6-13)15(14(16)4-2)12-7-9-17-10-8-12/h7-10,13-15H,3-6,11,16H2,1-2H3.